The minimum absolute atomic E-state index is 1.26. The summed E-state index contributed by atoms with van der Waals surface area (Å²) in [5.74, 6) is 0. The monoisotopic (exact) mass is 618 g/mol. The highest BCUT2D eigenvalue weighted by Crippen LogP contribution is 2.48. The fourth-order valence-electron chi connectivity index (χ4n) is 7.44. The van der Waals surface area contributed by atoms with Gasteiger partial charge < -0.3 is 0 Å². The summed E-state index contributed by atoms with van der Waals surface area (Å²) in [7, 11) is 0. The van der Waals surface area contributed by atoms with Crippen LogP contribution >= 0.6 is 22.7 Å². The summed E-state index contributed by atoms with van der Waals surface area (Å²) < 4.78 is 4.06. The summed E-state index contributed by atoms with van der Waals surface area (Å²) in [5.41, 5.74) is 7.74. The molecule has 46 heavy (non-hydrogen) atoms. The molecular formula is C44H26S2. The topological polar surface area (TPSA) is 0 Å². The molecule has 0 aliphatic heterocycles. The number of hydrogen-bond donors (Lipinski definition) is 0. The van der Waals surface area contributed by atoms with Gasteiger partial charge in [0.25, 0.3) is 0 Å². The molecule has 0 saturated carbocycles. The van der Waals surface area contributed by atoms with Gasteiger partial charge >= 0.3 is 0 Å². The van der Waals surface area contributed by atoms with Gasteiger partial charge in [0.1, 0.15) is 0 Å². The van der Waals surface area contributed by atoms with Crippen LogP contribution in [0.5, 0.6) is 0 Å². The second kappa shape index (κ2) is 10.1. The fourth-order valence-corrected chi connectivity index (χ4v) is 9.72. The van der Waals surface area contributed by atoms with Gasteiger partial charge in [-0.2, -0.15) is 0 Å². The number of rotatable bonds is 3. The Morgan fingerprint density at radius 3 is 1.67 bits per heavy atom. The van der Waals surface area contributed by atoms with E-state index in [1.807, 2.05) is 22.7 Å². The van der Waals surface area contributed by atoms with E-state index in [1.54, 1.807) is 0 Å². The molecule has 2 heterocycles. The van der Waals surface area contributed by atoms with Crippen LogP contribution in [0.1, 0.15) is 0 Å². The highest BCUT2D eigenvalue weighted by atomic mass is 32.1. The van der Waals surface area contributed by atoms with Crippen LogP contribution in [-0.2, 0) is 0 Å². The van der Waals surface area contributed by atoms with Gasteiger partial charge in [-0.15, -0.1) is 22.7 Å². The molecule has 0 aliphatic rings. The summed E-state index contributed by atoms with van der Waals surface area (Å²) in [6.07, 6.45) is 0. The molecule has 0 aliphatic carbocycles. The van der Waals surface area contributed by atoms with Crippen LogP contribution < -0.4 is 0 Å². The van der Waals surface area contributed by atoms with Crippen molar-refractivity contribution in [2.24, 2.45) is 0 Å². The van der Waals surface area contributed by atoms with Crippen molar-refractivity contribution in [3.8, 4) is 33.4 Å². The molecule has 0 N–H and O–H groups in total. The molecule has 10 aromatic rings. The van der Waals surface area contributed by atoms with Crippen molar-refractivity contribution in [2.75, 3.05) is 0 Å². The molecule has 0 amide bonds. The zero-order valence-electron chi connectivity index (χ0n) is 24.8. The van der Waals surface area contributed by atoms with E-state index >= 15 is 0 Å². The summed E-state index contributed by atoms with van der Waals surface area (Å²) in [4.78, 5) is 0. The Kier molecular flexibility index (Phi) is 5.72. The van der Waals surface area contributed by atoms with Crippen molar-refractivity contribution in [3.63, 3.8) is 0 Å². The third-order valence-corrected chi connectivity index (χ3v) is 11.7. The quantitative estimate of drug-likeness (QED) is 0.173. The van der Waals surface area contributed by atoms with Gasteiger partial charge in [-0.3, -0.25) is 0 Å². The number of hydrogen-bond acceptors (Lipinski definition) is 2. The second-order valence-corrected chi connectivity index (χ2v) is 14.0. The van der Waals surface area contributed by atoms with E-state index < -0.39 is 0 Å². The van der Waals surface area contributed by atoms with Crippen LogP contribution in [0, 0.1) is 0 Å². The number of fused-ring (bicyclic) bond motifs is 8. The third-order valence-electron chi connectivity index (χ3n) is 9.52. The van der Waals surface area contributed by atoms with E-state index in [9.17, 15) is 0 Å². The van der Waals surface area contributed by atoms with Crippen LogP contribution in [0.2, 0.25) is 0 Å². The van der Waals surface area contributed by atoms with Crippen molar-refractivity contribution >= 4 is 85.2 Å². The Morgan fingerprint density at radius 2 is 0.957 bits per heavy atom. The van der Waals surface area contributed by atoms with Crippen LogP contribution in [-0.4, -0.2) is 0 Å². The average molecular weight is 619 g/mol. The fraction of sp³-hybridized carbons (Fsp3) is 0. The molecule has 0 atom stereocenters. The molecule has 0 saturated heterocycles. The second-order valence-electron chi connectivity index (χ2n) is 12.0. The van der Waals surface area contributed by atoms with E-state index in [1.165, 1.54) is 96.0 Å². The zero-order valence-corrected chi connectivity index (χ0v) is 26.5. The molecule has 0 bridgehead atoms. The van der Waals surface area contributed by atoms with Crippen LogP contribution in [0.3, 0.4) is 0 Å². The van der Waals surface area contributed by atoms with Gasteiger partial charge in [-0.25, -0.2) is 0 Å². The van der Waals surface area contributed by atoms with Crippen molar-refractivity contribution < 1.29 is 0 Å². The van der Waals surface area contributed by atoms with E-state index in [4.69, 9.17) is 0 Å². The van der Waals surface area contributed by atoms with Crippen molar-refractivity contribution in [1.29, 1.82) is 0 Å². The van der Waals surface area contributed by atoms with E-state index in [0.717, 1.165) is 0 Å². The molecule has 0 spiro atoms. The summed E-state index contributed by atoms with van der Waals surface area (Å²) in [5, 5.41) is 14.1. The molecule has 0 radical (unpaired) electrons. The van der Waals surface area contributed by atoms with Crippen molar-refractivity contribution in [2.45, 2.75) is 0 Å². The Bertz CT molecular complexity index is 2740. The van der Waals surface area contributed by atoms with Crippen LogP contribution in [0.4, 0.5) is 0 Å². The van der Waals surface area contributed by atoms with Gasteiger partial charge in [-0.05, 0) is 89.8 Å². The molecule has 0 nitrogen and oxygen atoms in total. The lowest BCUT2D eigenvalue weighted by Crippen LogP contribution is -1.91. The molecule has 0 fully saturated rings. The Balaban J connectivity index is 1.25. The molecule has 2 heteroatoms. The maximum Gasteiger partial charge on any atom is 0.0448 e. The zero-order chi connectivity index (χ0) is 30.2. The normalized spacial score (nSPS) is 11.9. The smallest absolute Gasteiger partial charge is 0.0448 e. The average Bonchev–Trinajstić information content (AvgIpc) is 3.72. The molecule has 0 unspecified atom stereocenters. The SMILES string of the molecule is c1ccc(-c2csc3ccc4c5cc(-c6c7ccccc7c(-c7ccc8ccccc8c7)c7ccccc67)ccc5sc4c23)cc1. The van der Waals surface area contributed by atoms with Crippen molar-refractivity contribution in [1.82, 2.24) is 0 Å². The number of benzene rings is 8. The standard InChI is InChI=1S/C44H26S2/c1-2-11-28(12-3-1)38-26-45-40-23-21-36-37-25-31(20-22-39(37)46-44(36)43(38)40)42-34-16-8-6-14-32(34)41(33-15-7-9-17-35(33)42)30-19-18-27-10-4-5-13-29(27)24-30/h1-26H. The maximum atomic E-state index is 2.44. The first-order chi connectivity index (χ1) is 22.8. The third kappa shape index (κ3) is 3.84. The van der Waals surface area contributed by atoms with E-state index in [-0.39, 0.29) is 0 Å². The Labute approximate surface area is 274 Å². The van der Waals surface area contributed by atoms with E-state index in [0.29, 0.717) is 0 Å². The lowest BCUT2D eigenvalue weighted by Gasteiger charge is -2.18. The lowest BCUT2D eigenvalue weighted by atomic mass is 9.85. The first-order valence-corrected chi connectivity index (χ1v) is 17.4. The molecule has 214 valence electrons. The lowest BCUT2D eigenvalue weighted by molar-refractivity contribution is 1.69. The molecule has 8 aromatic carbocycles. The largest absolute Gasteiger partial charge is 0.143 e. The van der Waals surface area contributed by atoms with E-state index in [2.05, 4.69) is 157 Å². The van der Waals surface area contributed by atoms with Crippen molar-refractivity contribution in [3.05, 3.63) is 157 Å². The predicted octanol–water partition coefficient (Wildman–Crippen LogP) is 13.7. The van der Waals surface area contributed by atoms with Gasteiger partial charge in [0.2, 0.25) is 0 Å². The Hall–Kier alpha value is -5.28. The summed E-state index contributed by atoms with van der Waals surface area (Å²) in [6.45, 7) is 0. The highest BCUT2D eigenvalue weighted by Gasteiger charge is 2.19. The first kappa shape index (κ1) is 26.0. The highest BCUT2D eigenvalue weighted by molar-refractivity contribution is 7.27. The van der Waals surface area contributed by atoms with Gasteiger partial charge in [0.15, 0.2) is 0 Å². The summed E-state index contributed by atoms with van der Waals surface area (Å²) in [6, 6.07) is 56.0. The minimum atomic E-state index is 1.26. The summed E-state index contributed by atoms with van der Waals surface area (Å²) >= 11 is 3.77. The maximum absolute atomic E-state index is 2.44. The number of thiophene rings is 2. The minimum Gasteiger partial charge on any atom is -0.143 e. The van der Waals surface area contributed by atoms with Gasteiger partial charge in [-0.1, -0.05) is 127 Å². The molecule has 2 aromatic heterocycles. The van der Waals surface area contributed by atoms with Crippen LogP contribution in [0.15, 0.2) is 157 Å². The van der Waals surface area contributed by atoms with Crippen LogP contribution in [0.25, 0.3) is 96.0 Å². The molecular weight excluding hydrogens is 593 g/mol. The Morgan fingerprint density at radius 1 is 0.370 bits per heavy atom. The van der Waals surface area contributed by atoms with Gasteiger partial charge in [0, 0.05) is 35.8 Å². The first-order valence-electron chi connectivity index (χ1n) is 15.7. The molecule has 10 rings (SSSR count). The predicted molar refractivity (Wildman–Crippen MR) is 204 cm³/mol. The van der Waals surface area contributed by atoms with Gasteiger partial charge in [0.05, 0.1) is 0 Å².